The number of aryl methyl sites for hydroxylation is 2. The van der Waals surface area contributed by atoms with Crippen LogP contribution in [0.15, 0.2) is 142 Å². The highest BCUT2D eigenvalue weighted by molar-refractivity contribution is 9.14. The van der Waals surface area contributed by atoms with E-state index >= 15 is 0 Å². The molecule has 3 amide bonds. The molecule has 0 aliphatic heterocycles. The molecule has 0 spiro atoms. The van der Waals surface area contributed by atoms with Gasteiger partial charge in [-0.05, 0) is 253 Å². The minimum atomic E-state index is -0.725. The van der Waals surface area contributed by atoms with Crippen LogP contribution in [0.2, 0.25) is 20.1 Å². The normalized spacial score (nSPS) is 12.2. The third-order valence-corrected chi connectivity index (χ3v) is 24.1. The van der Waals surface area contributed by atoms with E-state index in [1.807, 2.05) is 20.0 Å². The molecule has 0 atom stereocenters. The van der Waals surface area contributed by atoms with Crippen molar-refractivity contribution in [2.45, 2.75) is 26.2 Å². The summed E-state index contributed by atoms with van der Waals surface area (Å²) in [6.07, 6.45) is 0. The smallest absolute Gasteiger partial charge is 0.258 e. The number of ketones is 1. The summed E-state index contributed by atoms with van der Waals surface area (Å²) in [5.41, 5.74) is 11.4. The van der Waals surface area contributed by atoms with E-state index in [2.05, 4.69) is 254 Å². The number of carbonyl (C=O) groups is 4. The lowest BCUT2D eigenvalue weighted by Gasteiger charge is -2.35. The first-order valence-corrected chi connectivity index (χ1v) is 32.4. The Morgan fingerprint density at radius 2 is 0.734 bits per heavy atom. The van der Waals surface area contributed by atoms with Gasteiger partial charge < -0.3 is 21.3 Å². The monoisotopic (exact) mass is 1770 g/mol. The van der Waals surface area contributed by atoms with Crippen molar-refractivity contribution in [3.05, 3.63) is 218 Å². The number of anilines is 4. The van der Waals surface area contributed by atoms with Gasteiger partial charge in [0.15, 0.2) is 5.78 Å². The van der Waals surface area contributed by atoms with Gasteiger partial charge in [0.1, 0.15) is 0 Å². The first-order chi connectivity index (χ1) is 37.3. The SMILES string of the molecule is CNc1ccc(C2(c3ccc(NC(=O)c4c(Br)c(Br)c(C(=O)Nc5cc(Cl)c(-c6cc(Cl)c(NC(=O)c7c(Br)c(Br)c(C(C)=O)c(Br)c7Br)cc6Cl)cc5Cl)c(Br)c4Br)c(C)c3)c3cc(Br)ccc3-c3ccc(Br)cc32)cc1C. The summed E-state index contributed by atoms with van der Waals surface area (Å²) in [4.78, 5) is 54.7. The van der Waals surface area contributed by atoms with Crippen LogP contribution in [0.3, 0.4) is 0 Å². The van der Waals surface area contributed by atoms with E-state index in [-0.39, 0.29) is 62.9 Å². The van der Waals surface area contributed by atoms with E-state index < -0.39 is 23.1 Å². The number of fused-ring (bicyclic) bond motifs is 3. The molecule has 0 bridgehead atoms. The number of carbonyl (C=O) groups excluding carboxylic acids is 4. The molecule has 0 saturated heterocycles. The first kappa shape index (κ1) is 61.2. The van der Waals surface area contributed by atoms with Crippen molar-refractivity contribution in [3.8, 4) is 22.3 Å². The Kier molecular flexibility index (Phi) is 18.8. The molecule has 8 aromatic rings. The molecule has 0 aromatic heterocycles. The third-order valence-electron chi connectivity index (χ3n) is 13.4. The quantitative estimate of drug-likeness (QED) is 0.0760. The molecule has 8 aromatic carbocycles. The molecule has 0 saturated carbocycles. The predicted octanol–water partition coefficient (Wildman–Crippen LogP) is 22.6. The van der Waals surface area contributed by atoms with Crippen LogP contribution < -0.4 is 21.3 Å². The van der Waals surface area contributed by atoms with E-state index in [0.29, 0.717) is 49.2 Å². The molecule has 8 nitrogen and oxygen atoms in total. The van der Waals surface area contributed by atoms with Crippen LogP contribution in [0.4, 0.5) is 22.7 Å². The third kappa shape index (κ3) is 11.2. The van der Waals surface area contributed by atoms with Gasteiger partial charge in [0.2, 0.25) is 0 Å². The Morgan fingerprint density at radius 1 is 0.392 bits per heavy atom. The lowest BCUT2D eigenvalue weighted by atomic mass is 9.67. The van der Waals surface area contributed by atoms with E-state index in [1.165, 1.54) is 31.2 Å². The fourth-order valence-corrected chi connectivity index (χ4v) is 17.2. The van der Waals surface area contributed by atoms with Crippen LogP contribution in [-0.4, -0.2) is 30.6 Å². The van der Waals surface area contributed by atoms with Gasteiger partial charge in [-0.3, -0.25) is 19.2 Å². The minimum absolute atomic E-state index is 0.106. The van der Waals surface area contributed by atoms with Crippen LogP contribution in [-0.2, 0) is 5.41 Å². The second-order valence-electron chi connectivity index (χ2n) is 18.0. The fourth-order valence-electron chi connectivity index (χ4n) is 9.69. The van der Waals surface area contributed by atoms with Gasteiger partial charge in [0, 0.05) is 79.8 Å². The van der Waals surface area contributed by atoms with Crippen molar-refractivity contribution in [2.24, 2.45) is 0 Å². The van der Waals surface area contributed by atoms with Gasteiger partial charge in [-0.1, -0.05) is 115 Å². The summed E-state index contributed by atoms with van der Waals surface area (Å²) in [5.74, 6) is -1.85. The Labute approximate surface area is 558 Å². The highest BCUT2D eigenvalue weighted by atomic mass is 79.9. The molecule has 22 heteroatoms. The maximum absolute atomic E-state index is 14.5. The number of halogens is 14. The second kappa shape index (κ2) is 24.3. The molecule has 4 N–H and O–H groups in total. The van der Waals surface area contributed by atoms with E-state index in [4.69, 9.17) is 46.4 Å². The summed E-state index contributed by atoms with van der Waals surface area (Å²) >= 11 is 62.9. The lowest BCUT2D eigenvalue weighted by molar-refractivity contribution is 0.100. The summed E-state index contributed by atoms with van der Waals surface area (Å²) < 4.78 is 4.50. The van der Waals surface area contributed by atoms with Crippen molar-refractivity contribution in [1.82, 2.24) is 0 Å². The van der Waals surface area contributed by atoms with Crippen molar-refractivity contribution < 1.29 is 19.2 Å². The molecule has 402 valence electrons. The van der Waals surface area contributed by atoms with Gasteiger partial charge in [-0.25, -0.2) is 0 Å². The summed E-state index contributed by atoms with van der Waals surface area (Å²) in [7, 11) is 1.92. The largest absolute Gasteiger partial charge is 0.388 e. The average molecular weight is 1780 g/mol. The predicted molar refractivity (Wildman–Crippen MR) is 358 cm³/mol. The number of hydrogen-bond acceptors (Lipinski definition) is 5. The van der Waals surface area contributed by atoms with Gasteiger partial charge in [0.25, 0.3) is 17.7 Å². The highest BCUT2D eigenvalue weighted by Crippen LogP contribution is 2.58. The van der Waals surface area contributed by atoms with Crippen molar-refractivity contribution in [2.75, 3.05) is 28.3 Å². The molecule has 1 aliphatic carbocycles. The number of benzene rings is 8. The van der Waals surface area contributed by atoms with Crippen LogP contribution >= 0.6 is 206 Å². The number of amides is 3. The zero-order valence-corrected chi connectivity index (χ0v) is 59.5. The summed E-state index contributed by atoms with van der Waals surface area (Å²) in [5, 5.41) is 12.6. The van der Waals surface area contributed by atoms with Crippen LogP contribution in [0.25, 0.3) is 22.3 Å². The second-order valence-corrected chi connectivity index (χ2v) is 27.8. The minimum Gasteiger partial charge on any atom is -0.388 e. The Hall–Kier alpha value is -2.40. The first-order valence-electron chi connectivity index (χ1n) is 23.0. The highest BCUT2D eigenvalue weighted by Gasteiger charge is 2.47. The van der Waals surface area contributed by atoms with Crippen LogP contribution in [0, 0.1) is 13.8 Å². The molecule has 79 heavy (non-hydrogen) atoms. The Bertz CT molecular complexity index is 3920. The Morgan fingerprint density at radius 3 is 1.08 bits per heavy atom. The van der Waals surface area contributed by atoms with Gasteiger partial charge in [-0.2, -0.15) is 0 Å². The maximum atomic E-state index is 14.5. The van der Waals surface area contributed by atoms with Gasteiger partial charge >= 0.3 is 0 Å². The molecule has 0 heterocycles. The van der Waals surface area contributed by atoms with Gasteiger partial charge in [0.05, 0.1) is 53.6 Å². The molecular weight excluding hydrogens is 1750 g/mol. The number of hydrogen-bond donors (Lipinski definition) is 4. The van der Waals surface area contributed by atoms with E-state index in [0.717, 1.165) is 59.1 Å². The van der Waals surface area contributed by atoms with E-state index in [9.17, 15) is 19.2 Å². The lowest BCUT2D eigenvalue weighted by Crippen LogP contribution is -2.29. The topological polar surface area (TPSA) is 116 Å². The molecular formula is C57H32Br10Cl4N4O4. The van der Waals surface area contributed by atoms with Crippen LogP contribution in [0.1, 0.15) is 81.7 Å². The average Bonchev–Trinajstić information content (AvgIpc) is 3.91. The summed E-state index contributed by atoms with van der Waals surface area (Å²) in [6, 6.07) is 31.5. The number of nitrogens with one attached hydrogen (secondary N) is 4. The molecule has 0 unspecified atom stereocenters. The molecule has 1 aliphatic rings. The Balaban J connectivity index is 0.977. The standard InChI is InChI=1S/C57H32Br10Cl4N4O4/c1-21-13-24(5-11-38(21)72-4)57(32-15-26(58)7-9-28(32)29-10-8-27(59)16-33(29)57)25-6-12-39(22(2)14-25)73-54(77)44-50(64)52(66)45(53(67)51(44)65)56(79)75-41-20-35(69)31(18-37(41)71)30-17-36(70)40(19-34(30)68)74-55(78)43-48(62)46(60)42(23(3)76)47(61)49(43)63/h5-20,72H,1-4H3,(H,73,77)(H,74,78)(H,75,79). The molecule has 0 radical (unpaired) electrons. The van der Waals surface area contributed by atoms with Gasteiger partial charge in [-0.15, -0.1) is 0 Å². The van der Waals surface area contributed by atoms with Crippen molar-refractivity contribution in [1.29, 1.82) is 0 Å². The maximum Gasteiger partial charge on any atom is 0.258 e. The van der Waals surface area contributed by atoms with Crippen LogP contribution in [0.5, 0.6) is 0 Å². The van der Waals surface area contributed by atoms with Crippen molar-refractivity contribution in [3.63, 3.8) is 0 Å². The van der Waals surface area contributed by atoms with E-state index in [1.54, 1.807) is 0 Å². The number of rotatable bonds is 11. The fraction of sp³-hybridized carbons (Fsp3) is 0.0877. The molecule has 0 fully saturated rings. The zero-order chi connectivity index (χ0) is 57.4. The summed E-state index contributed by atoms with van der Waals surface area (Å²) in [6.45, 7) is 5.48. The molecule has 9 rings (SSSR count). The number of Topliss-reactive ketones (excluding diaryl/α,β-unsaturated/α-hetero) is 1. The zero-order valence-electron chi connectivity index (χ0n) is 40.7. The van der Waals surface area contributed by atoms with Crippen molar-refractivity contribution >= 4 is 252 Å².